The van der Waals surface area contributed by atoms with Crippen molar-refractivity contribution in [3.05, 3.63) is 35.2 Å². The lowest BCUT2D eigenvalue weighted by Crippen LogP contribution is -2.06. The van der Waals surface area contributed by atoms with E-state index >= 15 is 0 Å². The standard InChI is InChI=1S/C11H13N.C2H6/c1-8-3-5-10-6-4-9(2)12-11(10)7-8;1-2/h3-6,8H,7H2,1-2H3;1-2H3. The van der Waals surface area contributed by atoms with Crippen LogP contribution in [0.15, 0.2) is 18.2 Å². The Kier molecular flexibility index (Phi) is 3.87. The minimum atomic E-state index is 0.645. The Morgan fingerprint density at radius 1 is 1.29 bits per heavy atom. The van der Waals surface area contributed by atoms with E-state index in [0.29, 0.717) is 5.92 Å². The first-order valence-electron chi connectivity index (χ1n) is 5.40. The molecule has 0 bridgehead atoms. The zero-order valence-electron chi connectivity index (χ0n) is 9.54. The summed E-state index contributed by atoms with van der Waals surface area (Å²) < 4.78 is 0. The first kappa shape index (κ1) is 11.0. The van der Waals surface area contributed by atoms with E-state index in [4.69, 9.17) is 0 Å². The third-order valence-corrected chi connectivity index (χ3v) is 2.27. The van der Waals surface area contributed by atoms with Crippen molar-refractivity contribution in [2.75, 3.05) is 0 Å². The van der Waals surface area contributed by atoms with Crippen molar-refractivity contribution in [1.29, 1.82) is 0 Å². The zero-order valence-corrected chi connectivity index (χ0v) is 9.54. The van der Waals surface area contributed by atoms with Gasteiger partial charge in [-0.05, 0) is 30.9 Å². The Morgan fingerprint density at radius 3 is 2.71 bits per heavy atom. The molecule has 0 saturated carbocycles. The summed E-state index contributed by atoms with van der Waals surface area (Å²) >= 11 is 0. The maximum Gasteiger partial charge on any atom is 0.0484 e. The minimum Gasteiger partial charge on any atom is -0.258 e. The molecule has 1 atom stereocenters. The lowest BCUT2D eigenvalue weighted by molar-refractivity contribution is 0.697. The largest absolute Gasteiger partial charge is 0.258 e. The van der Waals surface area contributed by atoms with Crippen LogP contribution in [0.1, 0.15) is 37.7 Å². The number of rotatable bonds is 0. The maximum atomic E-state index is 4.51. The molecule has 14 heavy (non-hydrogen) atoms. The van der Waals surface area contributed by atoms with Crippen LogP contribution in [0.3, 0.4) is 0 Å². The first-order chi connectivity index (χ1) is 6.75. The lowest BCUT2D eigenvalue weighted by atomic mass is 9.95. The van der Waals surface area contributed by atoms with Gasteiger partial charge >= 0.3 is 0 Å². The molecule has 1 unspecified atom stereocenters. The highest BCUT2D eigenvalue weighted by atomic mass is 14.7. The van der Waals surface area contributed by atoms with Crippen LogP contribution in [-0.4, -0.2) is 4.98 Å². The van der Waals surface area contributed by atoms with Crippen LogP contribution >= 0.6 is 0 Å². The van der Waals surface area contributed by atoms with Gasteiger partial charge in [-0.15, -0.1) is 0 Å². The van der Waals surface area contributed by atoms with Crippen LogP contribution in [0.25, 0.3) is 6.08 Å². The first-order valence-corrected chi connectivity index (χ1v) is 5.40. The molecular weight excluding hydrogens is 170 g/mol. The lowest BCUT2D eigenvalue weighted by Gasteiger charge is -2.14. The summed E-state index contributed by atoms with van der Waals surface area (Å²) in [6.45, 7) is 8.27. The van der Waals surface area contributed by atoms with Gasteiger partial charge in [0.25, 0.3) is 0 Å². The topological polar surface area (TPSA) is 12.9 Å². The molecule has 0 spiro atoms. The van der Waals surface area contributed by atoms with E-state index in [1.54, 1.807) is 0 Å². The molecule has 1 heteroatoms. The Morgan fingerprint density at radius 2 is 2.00 bits per heavy atom. The van der Waals surface area contributed by atoms with Crippen molar-refractivity contribution in [3.63, 3.8) is 0 Å². The van der Waals surface area contributed by atoms with Gasteiger partial charge in [-0.3, -0.25) is 4.98 Å². The molecule has 0 aliphatic heterocycles. The van der Waals surface area contributed by atoms with Gasteiger partial charge in [0.2, 0.25) is 0 Å². The second kappa shape index (κ2) is 4.94. The molecule has 0 amide bonds. The highest BCUT2D eigenvalue weighted by Crippen LogP contribution is 2.20. The molecule has 0 aromatic carbocycles. The SMILES string of the molecule is CC.Cc1ccc2c(n1)CC(C)C=C2. The summed E-state index contributed by atoms with van der Waals surface area (Å²) in [4.78, 5) is 4.51. The predicted molar refractivity (Wildman–Crippen MR) is 62.2 cm³/mol. The molecule has 1 aromatic heterocycles. The molecule has 76 valence electrons. The zero-order chi connectivity index (χ0) is 10.6. The third kappa shape index (κ3) is 2.44. The van der Waals surface area contributed by atoms with Crippen LogP contribution in [0.4, 0.5) is 0 Å². The van der Waals surface area contributed by atoms with Gasteiger partial charge in [0.1, 0.15) is 0 Å². The fourth-order valence-electron chi connectivity index (χ4n) is 1.58. The Hall–Kier alpha value is -1.11. The predicted octanol–water partition coefficient (Wildman–Crippen LogP) is 3.62. The van der Waals surface area contributed by atoms with Crippen LogP contribution in [0, 0.1) is 12.8 Å². The summed E-state index contributed by atoms with van der Waals surface area (Å²) in [6, 6.07) is 4.22. The molecule has 1 nitrogen and oxygen atoms in total. The minimum absolute atomic E-state index is 0.645. The highest BCUT2D eigenvalue weighted by Gasteiger charge is 2.10. The summed E-state index contributed by atoms with van der Waals surface area (Å²) in [5.74, 6) is 0.645. The summed E-state index contributed by atoms with van der Waals surface area (Å²) in [6.07, 6.45) is 5.52. The number of aromatic nitrogens is 1. The average molecular weight is 189 g/mol. The molecular formula is C13H19N. The van der Waals surface area contributed by atoms with Gasteiger partial charge in [0, 0.05) is 11.4 Å². The molecule has 0 fully saturated rings. The van der Waals surface area contributed by atoms with Crippen LogP contribution in [0.2, 0.25) is 0 Å². The number of hydrogen-bond donors (Lipinski definition) is 0. The Labute approximate surface area is 86.9 Å². The molecule has 0 saturated heterocycles. The van der Waals surface area contributed by atoms with E-state index in [0.717, 1.165) is 12.1 Å². The molecule has 1 aromatic rings. The molecule has 0 N–H and O–H groups in total. The average Bonchev–Trinajstić information content (AvgIpc) is 2.20. The van der Waals surface area contributed by atoms with Gasteiger partial charge in [-0.2, -0.15) is 0 Å². The molecule has 1 heterocycles. The Bertz CT molecular complexity index is 326. The van der Waals surface area contributed by atoms with E-state index in [-0.39, 0.29) is 0 Å². The van der Waals surface area contributed by atoms with Crippen molar-refractivity contribution < 1.29 is 0 Å². The van der Waals surface area contributed by atoms with Crippen molar-refractivity contribution in [2.24, 2.45) is 5.92 Å². The van der Waals surface area contributed by atoms with Gasteiger partial charge < -0.3 is 0 Å². The smallest absolute Gasteiger partial charge is 0.0484 e. The molecule has 1 aliphatic rings. The van der Waals surface area contributed by atoms with Gasteiger partial charge in [0.15, 0.2) is 0 Å². The number of aryl methyl sites for hydroxylation is 1. The summed E-state index contributed by atoms with van der Waals surface area (Å²) in [7, 11) is 0. The molecule has 1 aliphatic carbocycles. The van der Waals surface area contributed by atoms with Crippen molar-refractivity contribution >= 4 is 6.08 Å². The van der Waals surface area contributed by atoms with Crippen LogP contribution in [0.5, 0.6) is 0 Å². The van der Waals surface area contributed by atoms with Crippen molar-refractivity contribution in [2.45, 2.75) is 34.1 Å². The highest BCUT2D eigenvalue weighted by molar-refractivity contribution is 5.54. The molecule has 0 radical (unpaired) electrons. The van der Waals surface area contributed by atoms with Crippen molar-refractivity contribution in [1.82, 2.24) is 4.98 Å². The van der Waals surface area contributed by atoms with Crippen LogP contribution < -0.4 is 0 Å². The number of fused-ring (bicyclic) bond motifs is 1. The molecule has 2 rings (SSSR count). The van der Waals surface area contributed by atoms with E-state index in [1.807, 2.05) is 20.8 Å². The number of hydrogen-bond acceptors (Lipinski definition) is 1. The summed E-state index contributed by atoms with van der Waals surface area (Å²) in [5, 5.41) is 0. The maximum absolute atomic E-state index is 4.51. The van der Waals surface area contributed by atoms with E-state index in [2.05, 4.69) is 36.2 Å². The quantitative estimate of drug-likeness (QED) is 0.607. The second-order valence-electron chi connectivity index (χ2n) is 3.53. The second-order valence-corrected chi connectivity index (χ2v) is 3.53. The van der Waals surface area contributed by atoms with Gasteiger partial charge in [-0.25, -0.2) is 0 Å². The third-order valence-electron chi connectivity index (χ3n) is 2.27. The van der Waals surface area contributed by atoms with E-state index in [1.165, 1.54) is 11.3 Å². The number of allylic oxidation sites excluding steroid dienone is 1. The van der Waals surface area contributed by atoms with Crippen molar-refractivity contribution in [3.8, 4) is 0 Å². The fourth-order valence-corrected chi connectivity index (χ4v) is 1.58. The fraction of sp³-hybridized carbons (Fsp3) is 0.462. The summed E-state index contributed by atoms with van der Waals surface area (Å²) in [5.41, 5.74) is 3.67. The Balaban J connectivity index is 0.000000461. The number of nitrogens with zero attached hydrogens (tertiary/aromatic N) is 1. The van der Waals surface area contributed by atoms with Gasteiger partial charge in [0.05, 0.1) is 0 Å². The van der Waals surface area contributed by atoms with Gasteiger partial charge in [-0.1, -0.05) is 39.0 Å². The van der Waals surface area contributed by atoms with Crippen LogP contribution in [-0.2, 0) is 6.42 Å². The van der Waals surface area contributed by atoms with E-state index in [9.17, 15) is 0 Å². The normalized spacial score (nSPS) is 18.1. The van der Waals surface area contributed by atoms with E-state index < -0.39 is 0 Å². The monoisotopic (exact) mass is 189 g/mol. The number of pyridine rings is 1.